The monoisotopic (exact) mass is 277 g/mol. The lowest BCUT2D eigenvalue weighted by Gasteiger charge is -2.36. The Morgan fingerprint density at radius 1 is 1.10 bits per heavy atom. The second kappa shape index (κ2) is 5.67. The van der Waals surface area contributed by atoms with Crippen molar-refractivity contribution in [2.75, 3.05) is 5.73 Å². The van der Waals surface area contributed by atoms with E-state index in [0.29, 0.717) is 11.6 Å². The second-order valence-electron chi connectivity index (χ2n) is 8.39. The number of phenols is 1. The molecule has 1 unspecified atom stereocenters. The van der Waals surface area contributed by atoms with Crippen molar-refractivity contribution in [1.29, 1.82) is 0 Å². The van der Waals surface area contributed by atoms with E-state index in [9.17, 15) is 5.11 Å². The summed E-state index contributed by atoms with van der Waals surface area (Å²) in [7, 11) is 0. The van der Waals surface area contributed by atoms with E-state index in [1.54, 1.807) is 0 Å². The standard InChI is InChI=1S/C18H31NO/c1-12-8-13(16(20)15(19)9-12)10-14(18(5,6)7)11-17(2,3)4/h8-9,14,20H,10-11,19H2,1-7H3. The number of aryl methyl sites for hydroxylation is 1. The molecule has 0 aliphatic carbocycles. The molecule has 0 bridgehead atoms. The normalized spacial score (nSPS) is 14.3. The van der Waals surface area contributed by atoms with Crippen molar-refractivity contribution in [3.8, 4) is 5.75 Å². The minimum Gasteiger partial charge on any atom is -0.506 e. The molecule has 0 aromatic heterocycles. The van der Waals surface area contributed by atoms with Crippen LogP contribution in [-0.4, -0.2) is 5.11 Å². The number of rotatable bonds is 3. The second-order valence-corrected chi connectivity index (χ2v) is 8.39. The Kier molecular flexibility index (Phi) is 4.78. The van der Waals surface area contributed by atoms with Crippen molar-refractivity contribution in [3.05, 3.63) is 23.3 Å². The maximum absolute atomic E-state index is 10.2. The molecule has 0 amide bonds. The highest BCUT2D eigenvalue weighted by Crippen LogP contribution is 2.40. The lowest BCUT2D eigenvalue weighted by atomic mass is 9.69. The van der Waals surface area contributed by atoms with Gasteiger partial charge in [0, 0.05) is 0 Å². The van der Waals surface area contributed by atoms with E-state index in [4.69, 9.17) is 5.73 Å². The molecule has 0 spiro atoms. The number of anilines is 1. The summed E-state index contributed by atoms with van der Waals surface area (Å²) in [6.07, 6.45) is 2.00. The summed E-state index contributed by atoms with van der Waals surface area (Å²) >= 11 is 0. The zero-order chi connectivity index (χ0) is 15.7. The molecule has 0 aliphatic heterocycles. The van der Waals surface area contributed by atoms with E-state index in [1.165, 1.54) is 0 Å². The SMILES string of the molecule is Cc1cc(N)c(O)c(CC(CC(C)(C)C)C(C)(C)C)c1. The van der Waals surface area contributed by atoms with Crippen molar-refractivity contribution >= 4 is 5.69 Å². The van der Waals surface area contributed by atoms with Crippen molar-refractivity contribution in [3.63, 3.8) is 0 Å². The average molecular weight is 277 g/mol. The molecule has 1 rings (SSSR count). The Morgan fingerprint density at radius 2 is 1.65 bits per heavy atom. The molecular formula is C18H31NO. The van der Waals surface area contributed by atoms with Gasteiger partial charge in [-0.15, -0.1) is 0 Å². The molecule has 1 aromatic carbocycles. The maximum Gasteiger partial charge on any atom is 0.141 e. The van der Waals surface area contributed by atoms with E-state index in [2.05, 4.69) is 47.6 Å². The summed E-state index contributed by atoms with van der Waals surface area (Å²) in [6, 6.07) is 3.89. The summed E-state index contributed by atoms with van der Waals surface area (Å²) < 4.78 is 0. The molecule has 0 radical (unpaired) electrons. The smallest absolute Gasteiger partial charge is 0.141 e. The fourth-order valence-corrected chi connectivity index (χ4v) is 2.73. The molecule has 2 nitrogen and oxygen atoms in total. The zero-order valence-electron chi connectivity index (χ0n) is 14.2. The van der Waals surface area contributed by atoms with E-state index in [1.807, 2.05) is 13.0 Å². The molecule has 1 atom stereocenters. The van der Waals surface area contributed by atoms with Gasteiger partial charge in [-0.1, -0.05) is 47.6 Å². The highest BCUT2D eigenvalue weighted by atomic mass is 16.3. The minimum atomic E-state index is 0.207. The topological polar surface area (TPSA) is 46.2 Å². The number of phenolic OH excluding ortho intramolecular Hbond substituents is 1. The van der Waals surface area contributed by atoms with E-state index in [0.717, 1.165) is 24.0 Å². The van der Waals surface area contributed by atoms with Crippen LogP contribution in [0.2, 0.25) is 0 Å². The van der Waals surface area contributed by atoms with Gasteiger partial charge in [0.1, 0.15) is 5.75 Å². The van der Waals surface area contributed by atoms with Crippen LogP contribution >= 0.6 is 0 Å². The average Bonchev–Trinajstić information content (AvgIpc) is 2.20. The van der Waals surface area contributed by atoms with Crippen LogP contribution in [0.1, 0.15) is 59.1 Å². The Hall–Kier alpha value is -1.18. The van der Waals surface area contributed by atoms with Crippen molar-refractivity contribution in [2.45, 2.75) is 61.3 Å². The number of aromatic hydroxyl groups is 1. The summed E-state index contributed by atoms with van der Waals surface area (Å²) in [6.45, 7) is 15.7. The highest BCUT2D eigenvalue weighted by Gasteiger charge is 2.30. The highest BCUT2D eigenvalue weighted by molar-refractivity contribution is 5.58. The van der Waals surface area contributed by atoms with Crippen LogP contribution in [-0.2, 0) is 6.42 Å². The summed E-state index contributed by atoms with van der Waals surface area (Å²) in [5, 5.41) is 10.2. The van der Waals surface area contributed by atoms with Gasteiger partial charge in [-0.25, -0.2) is 0 Å². The third-order valence-corrected chi connectivity index (χ3v) is 3.91. The third kappa shape index (κ3) is 4.73. The summed E-state index contributed by atoms with van der Waals surface area (Å²) in [4.78, 5) is 0. The van der Waals surface area contributed by atoms with Gasteiger partial charge in [0.15, 0.2) is 0 Å². The first-order chi connectivity index (χ1) is 8.90. The van der Waals surface area contributed by atoms with Gasteiger partial charge >= 0.3 is 0 Å². The number of nitrogens with two attached hydrogens (primary N) is 1. The van der Waals surface area contributed by atoms with Crippen molar-refractivity contribution in [1.82, 2.24) is 0 Å². The molecule has 3 N–H and O–H groups in total. The molecular weight excluding hydrogens is 246 g/mol. The fraction of sp³-hybridized carbons (Fsp3) is 0.667. The number of hydrogen-bond donors (Lipinski definition) is 2. The van der Waals surface area contributed by atoms with Gasteiger partial charge in [-0.05, 0) is 53.7 Å². The molecule has 0 fully saturated rings. The third-order valence-electron chi connectivity index (χ3n) is 3.91. The maximum atomic E-state index is 10.2. The van der Waals surface area contributed by atoms with Crippen LogP contribution in [0.4, 0.5) is 5.69 Å². The molecule has 20 heavy (non-hydrogen) atoms. The summed E-state index contributed by atoms with van der Waals surface area (Å²) in [5.74, 6) is 0.772. The molecule has 2 heteroatoms. The van der Waals surface area contributed by atoms with Crippen LogP contribution in [0.15, 0.2) is 12.1 Å². The molecule has 0 saturated heterocycles. The van der Waals surface area contributed by atoms with E-state index >= 15 is 0 Å². The minimum absolute atomic E-state index is 0.207. The summed E-state index contributed by atoms with van der Waals surface area (Å²) in [5.41, 5.74) is 8.95. The van der Waals surface area contributed by atoms with Gasteiger partial charge in [0.25, 0.3) is 0 Å². The molecule has 114 valence electrons. The first-order valence-corrected chi connectivity index (χ1v) is 7.48. The Balaban J connectivity index is 3.08. The number of nitrogen functional groups attached to an aromatic ring is 1. The van der Waals surface area contributed by atoms with Gasteiger partial charge in [0.05, 0.1) is 5.69 Å². The number of hydrogen-bond acceptors (Lipinski definition) is 2. The fourth-order valence-electron chi connectivity index (χ4n) is 2.73. The first kappa shape index (κ1) is 16.9. The first-order valence-electron chi connectivity index (χ1n) is 7.48. The van der Waals surface area contributed by atoms with Crippen LogP contribution in [0, 0.1) is 23.7 Å². The van der Waals surface area contributed by atoms with Crippen molar-refractivity contribution < 1.29 is 5.11 Å². The molecule has 0 aliphatic rings. The van der Waals surface area contributed by atoms with Crippen LogP contribution in [0.3, 0.4) is 0 Å². The molecule has 1 aromatic rings. The van der Waals surface area contributed by atoms with Crippen LogP contribution in [0.25, 0.3) is 0 Å². The molecule has 0 heterocycles. The predicted octanol–water partition coefficient (Wildman–Crippen LogP) is 4.92. The number of benzene rings is 1. The van der Waals surface area contributed by atoms with E-state index in [-0.39, 0.29) is 16.6 Å². The van der Waals surface area contributed by atoms with Crippen LogP contribution in [0.5, 0.6) is 5.75 Å². The quantitative estimate of drug-likeness (QED) is 0.608. The van der Waals surface area contributed by atoms with Gasteiger partial charge in [-0.3, -0.25) is 0 Å². The lowest BCUT2D eigenvalue weighted by molar-refractivity contribution is 0.163. The lowest BCUT2D eigenvalue weighted by Crippen LogP contribution is -2.27. The van der Waals surface area contributed by atoms with Gasteiger partial charge in [-0.2, -0.15) is 0 Å². The van der Waals surface area contributed by atoms with Crippen LogP contribution < -0.4 is 5.73 Å². The Morgan fingerprint density at radius 3 is 2.10 bits per heavy atom. The van der Waals surface area contributed by atoms with Crippen molar-refractivity contribution in [2.24, 2.45) is 16.7 Å². The van der Waals surface area contributed by atoms with Gasteiger partial charge in [0.2, 0.25) is 0 Å². The zero-order valence-corrected chi connectivity index (χ0v) is 14.2. The van der Waals surface area contributed by atoms with Gasteiger partial charge < -0.3 is 10.8 Å². The Bertz CT molecular complexity index is 464. The largest absolute Gasteiger partial charge is 0.506 e. The molecule has 0 saturated carbocycles. The predicted molar refractivity (Wildman–Crippen MR) is 88.0 cm³/mol. The van der Waals surface area contributed by atoms with E-state index < -0.39 is 0 Å². The Labute approximate surface area is 124 Å².